The third-order valence-electron chi connectivity index (χ3n) is 3.19. The van der Waals surface area contributed by atoms with Gasteiger partial charge in [0.15, 0.2) is 6.54 Å². The first-order valence-electron chi connectivity index (χ1n) is 6.99. The normalized spacial score (nSPS) is 12.1. The minimum Gasteiger partial charge on any atom is -0.351 e. The molecule has 2 N–H and O–H groups in total. The van der Waals surface area contributed by atoms with E-state index >= 15 is 0 Å². The van der Waals surface area contributed by atoms with E-state index in [0.717, 1.165) is 11.4 Å². The lowest BCUT2D eigenvalue weighted by Gasteiger charge is -2.13. The van der Waals surface area contributed by atoms with Crippen molar-refractivity contribution < 1.29 is 14.1 Å². The van der Waals surface area contributed by atoms with Gasteiger partial charge in [0, 0.05) is 6.54 Å². The molecular formula is C16H20FN2OS+. The van der Waals surface area contributed by atoms with Crippen LogP contribution in [0.4, 0.5) is 4.39 Å². The van der Waals surface area contributed by atoms with Crippen LogP contribution in [0.15, 0.2) is 41.8 Å². The van der Waals surface area contributed by atoms with Crippen LogP contribution in [0.1, 0.15) is 10.4 Å². The first-order valence-corrected chi connectivity index (χ1v) is 7.87. The monoisotopic (exact) mass is 307 g/mol. The summed E-state index contributed by atoms with van der Waals surface area (Å²) < 4.78 is 13.4. The van der Waals surface area contributed by atoms with Gasteiger partial charge in [0.2, 0.25) is 0 Å². The van der Waals surface area contributed by atoms with Crippen molar-refractivity contribution in [3.8, 4) is 0 Å². The van der Waals surface area contributed by atoms with Crippen LogP contribution in [0.3, 0.4) is 0 Å². The molecule has 0 spiro atoms. The highest BCUT2D eigenvalue weighted by Crippen LogP contribution is 2.06. The molecule has 3 nitrogen and oxygen atoms in total. The zero-order valence-electron chi connectivity index (χ0n) is 12.1. The van der Waals surface area contributed by atoms with Crippen LogP contribution in [-0.4, -0.2) is 26.0 Å². The van der Waals surface area contributed by atoms with E-state index in [0.29, 0.717) is 25.1 Å². The SMILES string of the molecule is C[NH+](CC(=O)NCCc1ccccc1F)Cc1cccs1. The van der Waals surface area contributed by atoms with E-state index in [9.17, 15) is 9.18 Å². The minimum absolute atomic E-state index is 0.000366. The number of likely N-dealkylation sites (N-methyl/N-ethyl adjacent to an activating group) is 1. The Morgan fingerprint density at radius 1 is 1.29 bits per heavy atom. The third kappa shape index (κ3) is 5.28. The van der Waals surface area contributed by atoms with E-state index < -0.39 is 0 Å². The Morgan fingerprint density at radius 2 is 2.10 bits per heavy atom. The summed E-state index contributed by atoms with van der Waals surface area (Å²) in [4.78, 5) is 14.2. The molecule has 2 aromatic rings. The second-order valence-electron chi connectivity index (χ2n) is 5.08. The molecule has 2 rings (SSSR count). The molecule has 1 unspecified atom stereocenters. The lowest BCUT2D eigenvalue weighted by molar-refractivity contribution is -0.885. The minimum atomic E-state index is -0.216. The average Bonchev–Trinajstić information content (AvgIpc) is 2.93. The number of nitrogens with one attached hydrogen (secondary N) is 2. The Bertz CT molecular complexity index is 571. The number of benzene rings is 1. The summed E-state index contributed by atoms with van der Waals surface area (Å²) in [6, 6.07) is 10.7. The van der Waals surface area contributed by atoms with Gasteiger partial charge in [-0.25, -0.2) is 4.39 Å². The first-order chi connectivity index (χ1) is 10.1. The number of carbonyl (C=O) groups excluding carboxylic acids is 1. The van der Waals surface area contributed by atoms with Crippen molar-refractivity contribution in [2.45, 2.75) is 13.0 Å². The lowest BCUT2D eigenvalue weighted by Crippen LogP contribution is -3.08. The van der Waals surface area contributed by atoms with Crippen molar-refractivity contribution in [2.24, 2.45) is 0 Å². The predicted molar refractivity (Wildman–Crippen MR) is 82.9 cm³/mol. The predicted octanol–water partition coefficient (Wildman–Crippen LogP) is 1.26. The van der Waals surface area contributed by atoms with Crippen LogP contribution >= 0.6 is 11.3 Å². The Hall–Kier alpha value is -1.72. The molecule has 0 aliphatic heterocycles. The van der Waals surface area contributed by atoms with Crippen LogP contribution in [0.25, 0.3) is 0 Å². The number of quaternary nitrogens is 1. The largest absolute Gasteiger partial charge is 0.351 e. The van der Waals surface area contributed by atoms with Crippen molar-refractivity contribution >= 4 is 17.2 Å². The van der Waals surface area contributed by atoms with Gasteiger partial charge in [-0.2, -0.15) is 0 Å². The Labute approximate surface area is 128 Å². The molecule has 0 aliphatic rings. The number of amides is 1. The molecule has 5 heteroatoms. The van der Waals surface area contributed by atoms with Gasteiger partial charge in [-0.3, -0.25) is 4.79 Å². The summed E-state index contributed by atoms with van der Waals surface area (Å²) in [5.41, 5.74) is 0.636. The standard InChI is InChI=1S/C16H19FN2OS/c1-19(11-14-6-4-10-21-14)12-16(20)18-9-8-13-5-2-3-7-15(13)17/h2-7,10H,8-9,11-12H2,1H3,(H,18,20)/p+1. The molecule has 1 heterocycles. The molecule has 1 aromatic heterocycles. The Morgan fingerprint density at radius 3 is 2.81 bits per heavy atom. The second-order valence-corrected chi connectivity index (χ2v) is 6.11. The van der Waals surface area contributed by atoms with E-state index in [4.69, 9.17) is 0 Å². The quantitative estimate of drug-likeness (QED) is 0.793. The van der Waals surface area contributed by atoms with E-state index in [1.165, 1.54) is 10.9 Å². The fourth-order valence-electron chi connectivity index (χ4n) is 2.15. The molecule has 112 valence electrons. The highest BCUT2D eigenvalue weighted by atomic mass is 32.1. The van der Waals surface area contributed by atoms with E-state index in [1.54, 1.807) is 29.5 Å². The molecule has 1 aromatic carbocycles. The molecule has 0 fully saturated rings. The Kier molecular flexibility index (Phi) is 5.90. The topological polar surface area (TPSA) is 33.5 Å². The summed E-state index contributed by atoms with van der Waals surface area (Å²) in [7, 11) is 2.00. The lowest BCUT2D eigenvalue weighted by atomic mass is 10.1. The zero-order valence-corrected chi connectivity index (χ0v) is 12.9. The molecule has 21 heavy (non-hydrogen) atoms. The molecule has 1 amide bonds. The second kappa shape index (κ2) is 7.90. The van der Waals surface area contributed by atoms with Gasteiger partial charge in [-0.15, -0.1) is 11.3 Å². The van der Waals surface area contributed by atoms with Crippen LogP contribution in [0.5, 0.6) is 0 Å². The number of halogens is 1. The van der Waals surface area contributed by atoms with E-state index in [1.807, 2.05) is 18.5 Å². The van der Waals surface area contributed by atoms with Gasteiger partial charge in [0.25, 0.3) is 5.91 Å². The van der Waals surface area contributed by atoms with Crippen LogP contribution < -0.4 is 10.2 Å². The van der Waals surface area contributed by atoms with Crippen molar-refractivity contribution in [2.75, 3.05) is 20.1 Å². The van der Waals surface area contributed by atoms with Gasteiger partial charge in [-0.1, -0.05) is 24.3 Å². The van der Waals surface area contributed by atoms with Crippen molar-refractivity contribution in [3.63, 3.8) is 0 Å². The van der Waals surface area contributed by atoms with Crippen molar-refractivity contribution in [1.82, 2.24) is 5.32 Å². The fraction of sp³-hybridized carbons (Fsp3) is 0.312. The number of thiophene rings is 1. The van der Waals surface area contributed by atoms with E-state index in [-0.39, 0.29) is 11.7 Å². The summed E-state index contributed by atoms with van der Waals surface area (Å²) in [6.07, 6.45) is 0.516. The molecule has 0 saturated heterocycles. The van der Waals surface area contributed by atoms with Gasteiger partial charge < -0.3 is 10.2 Å². The van der Waals surface area contributed by atoms with Crippen molar-refractivity contribution in [1.29, 1.82) is 0 Å². The molecule has 0 bridgehead atoms. The van der Waals surface area contributed by atoms with E-state index in [2.05, 4.69) is 11.4 Å². The maximum atomic E-state index is 13.4. The highest BCUT2D eigenvalue weighted by Gasteiger charge is 2.10. The summed E-state index contributed by atoms with van der Waals surface area (Å²) in [5.74, 6) is -0.215. The smallest absolute Gasteiger partial charge is 0.275 e. The molecule has 0 radical (unpaired) electrons. The van der Waals surface area contributed by atoms with Crippen molar-refractivity contribution in [3.05, 3.63) is 58.0 Å². The summed E-state index contributed by atoms with van der Waals surface area (Å²) in [6.45, 7) is 1.74. The number of rotatable bonds is 7. The van der Waals surface area contributed by atoms with Gasteiger partial charge >= 0.3 is 0 Å². The average molecular weight is 307 g/mol. The molecule has 0 aliphatic carbocycles. The summed E-state index contributed by atoms with van der Waals surface area (Å²) >= 11 is 1.70. The number of hydrogen-bond acceptors (Lipinski definition) is 2. The maximum absolute atomic E-state index is 13.4. The molecule has 1 atom stereocenters. The van der Waals surface area contributed by atoms with Gasteiger partial charge in [-0.05, 0) is 29.5 Å². The van der Waals surface area contributed by atoms with Crippen LogP contribution in [0, 0.1) is 5.82 Å². The van der Waals surface area contributed by atoms with Gasteiger partial charge in [0.05, 0.1) is 11.9 Å². The Balaban J connectivity index is 1.69. The van der Waals surface area contributed by atoms with Gasteiger partial charge in [0.1, 0.15) is 12.4 Å². The molecule has 0 saturated carbocycles. The van der Waals surface area contributed by atoms with Crippen LogP contribution in [0.2, 0.25) is 0 Å². The fourth-order valence-corrected chi connectivity index (χ4v) is 2.97. The maximum Gasteiger partial charge on any atom is 0.275 e. The third-order valence-corrected chi connectivity index (χ3v) is 4.07. The number of hydrogen-bond donors (Lipinski definition) is 2. The first kappa shape index (κ1) is 15.7. The molecular weight excluding hydrogens is 287 g/mol. The summed E-state index contributed by atoms with van der Waals surface area (Å²) in [5, 5.41) is 4.88. The van der Waals surface area contributed by atoms with Crippen LogP contribution in [-0.2, 0) is 17.8 Å². The number of carbonyl (C=O) groups is 1. The zero-order chi connectivity index (χ0) is 15.1. The highest BCUT2D eigenvalue weighted by molar-refractivity contribution is 7.09.